The van der Waals surface area contributed by atoms with Crippen LogP contribution < -0.4 is 16.0 Å². The van der Waals surface area contributed by atoms with Crippen molar-refractivity contribution in [2.24, 2.45) is 5.92 Å². The van der Waals surface area contributed by atoms with Crippen molar-refractivity contribution in [2.45, 2.75) is 71.5 Å². The maximum absolute atomic E-state index is 14.0. The Morgan fingerprint density at radius 1 is 1.00 bits per heavy atom. The first kappa shape index (κ1) is 33.5. The lowest BCUT2D eigenvalue weighted by Gasteiger charge is -2.28. The van der Waals surface area contributed by atoms with Crippen molar-refractivity contribution >= 4 is 40.3 Å². The number of amides is 2. The highest BCUT2D eigenvalue weighted by Gasteiger charge is 2.34. The minimum atomic E-state index is -1.03. The number of carbonyl (C=O) groups excluding carboxylic acids is 3. The molecule has 1 fully saturated rings. The number of likely N-dealkylation sites (tertiary alicyclic amines) is 1. The molecule has 0 bridgehead atoms. The number of aromatic amines is 1. The number of hydrogen-bond acceptors (Lipinski definition) is 6. The van der Waals surface area contributed by atoms with E-state index in [1.165, 1.54) is 19.3 Å². The van der Waals surface area contributed by atoms with Gasteiger partial charge in [-0.25, -0.2) is 4.79 Å². The van der Waals surface area contributed by atoms with Gasteiger partial charge in [0.2, 0.25) is 11.8 Å². The Balaban J connectivity index is 1.62. The van der Waals surface area contributed by atoms with Crippen LogP contribution in [-0.2, 0) is 20.9 Å². The molecule has 4 rings (SSSR count). The van der Waals surface area contributed by atoms with Gasteiger partial charge in [-0.15, -0.1) is 0 Å². The molecule has 1 unspecified atom stereocenters. The van der Waals surface area contributed by atoms with Crippen LogP contribution in [0.5, 0.6) is 0 Å². The van der Waals surface area contributed by atoms with Gasteiger partial charge < -0.3 is 25.3 Å². The van der Waals surface area contributed by atoms with E-state index in [0.29, 0.717) is 41.0 Å². The van der Waals surface area contributed by atoms with Crippen molar-refractivity contribution in [3.63, 3.8) is 0 Å². The molecule has 2 amide bonds. The number of hydrogen-bond donors (Lipinski definition) is 4. The molecule has 1 saturated heterocycles. The molecule has 2 aromatic carbocycles. The number of carbonyl (C=O) groups is 3. The van der Waals surface area contributed by atoms with Gasteiger partial charge in [-0.2, -0.15) is 0 Å². The zero-order chi connectivity index (χ0) is 31.5. The highest BCUT2D eigenvalue weighted by atomic mass is 35.5. The second-order valence-electron chi connectivity index (χ2n) is 11.9. The number of fused-ring (bicyclic) bond motifs is 1. The van der Waals surface area contributed by atoms with E-state index < -0.39 is 18.1 Å². The summed E-state index contributed by atoms with van der Waals surface area (Å²) < 4.78 is 5.37. The first-order valence-corrected chi connectivity index (χ1v) is 16.2. The van der Waals surface area contributed by atoms with Crippen LogP contribution >= 0.6 is 11.6 Å². The number of nitrogens with one attached hydrogen (secondary N) is 4. The number of esters is 1. The fraction of sp³-hybridized carbons (Fsp3) is 0.500. The first-order valence-electron chi connectivity index (χ1n) is 15.8. The number of benzene rings is 2. The fourth-order valence-corrected chi connectivity index (χ4v) is 5.95. The Labute approximate surface area is 265 Å². The number of aromatic nitrogens is 1. The summed E-state index contributed by atoms with van der Waals surface area (Å²) in [7, 11) is 0. The molecule has 44 heavy (non-hydrogen) atoms. The minimum absolute atomic E-state index is 0.154. The molecule has 1 aliphatic heterocycles. The van der Waals surface area contributed by atoms with Gasteiger partial charge in [0, 0.05) is 34.6 Å². The molecule has 9 nitrogen and oxygen atoms in total. The molecule has 10 heteroatoms. The summed E-state index contributed by atoms with van der Waals surface area (Å²) >= 11 is 6.29. The molecule has 1 aromatic heterocycles. The molecule has 4 N–H and O–H groups in total. The highest BCUT2D eigenvalue weighted by Crippen LogP contribution is 2.32. The molecule has 2 heterocycles. The monoisotopic (exact) mass is 623 g/mol. The van der Waals surface area contributed by atoms with Crippen LogP contribution in [0.2, 0.25) is 5.02 Å². The van der Waals surface area contributed by atoms with Crippen LogP contribution in [0, 0.1) is 5.92 Å². The predicted molar refractivity (Wildman–Crippen MR) is 175 cm³/mol. The van der Waals surface area contributed by atoms with E-state index in [9.17, 15) is 14.4 Å². The minimum Gasteiger partial charge on any atom is -0.461 e. The van der Waals surface area contributed by atoms with Gasteiger partial charge in [-0.05, 0) is 75.9 Å². The molecule has 3 aromatic rings. The Morgan fingerprint density at radius 3 is 2.45 bits per heavy atom. The van der Waals surface area contributed by atoms with Crippen molar-refractivity contribution in [1.82, 2.24) is 25.8 Å². The van der Waals surface area contributed by atoms with Crippen LogP contribution in [0.3, 0.4) is 0 Å². The smallest absolute Gasteiger partial charge is 0.355 e. The Kier molecular flexibility index (Phi) is 12.6. The van der Waals surface area contributed by atoms with Crippen molar-refractivity contribution in [2.75, 3.05) is 32.8 Å². The molecule has 1 aliphatic rings. The zero-order valence-corrected chi connectivity index (χ0v) is 26.8. The van der Waals surface area contributed by atoms with Crippen molar-refractivity contribution in [1.29, 1.82) is 0 Å². The Bertz CT molecular complexity index is 1390. The average molecular weight is 624 g/mol. The largest absolute Gasteiger partial charge is 0.461 e. The summed E-state index contributed by atoms with van der Waals surface area (Å²) in [5.41, 5.74) is 2.11. The molecule has 0 saturated carbocycles. The average Bonchev–Trinajstić information content (AvgIpc) is 3.39. The molecule has 0 radical (unpaired) electrons. The van der Waals surface area contributed by atoms with Crippen LogP contribution in [0.4, 0.5) is 0 Å². The Morgan fingerprint density at radius 2 is 1.75 bits per heavy atom. The molecular weight excluding hydrogens is 578 g/mol. The van der Waals surface area contributed by atoms with Crippen molar-refractivity contribution in [3.05, 3.63) is 70.4 Å². The number of rotatable bonds is 15. The van der Waals surface area contributed by atoms with Crippen molar-refractivity contribution in [3.8, 4) is 0 Å². The maximum atomic E-state index is 14.0. The van der Waals surface area contributed by atoms with E-state index in [2.05, 4.69) is 25.8 Å². The molecule has 238 valence electrons. The molecular formula is C34H46ClN5O4. The molecule has 0 aliphatic carbocycles. The fourth-order valence-electron chi connectivity index (χ4n) is 5.78. The van der Waals surface area contributed by atoms with E-state index in [1.807, 2.05) is 44.2 Å². The van der Waals surface area contributed by atoms with Gasteiger partial charge in [-0.3, -0.25) is 14.9 Å². The predicted octanol–water partition coefficient (Wildman–Crippen LogP) is 5.35. The topological polar surface area (TPSA) is 116 Å². The third kappa shape index (κ3) is 9.30. The van der Waals surface area contributed by atoms with Gasteiger partial charge in [0.1, 0.15) is 11.7 Å². The van der Waals surface area contributed by atoms with E-state index in [-0.39, 0.29) is 30.0 Å². The van der Waals surface area contributed by atoms with Gasteiger partial charge in [0.15, 0.2) is 0 Å². The summed E-state index contributed by atoms with van der Waals surface area (Å²) in [6.45, 7) is 10.0. The van der Waals surface area contributed by atoms with E-state index >= 15 is 0 Å². The lowest BCUT2D eigenvalue weighted by molar-refractivity contribution is -0.126. The lowest BCUT2D eigenvalue weighted by Crippen LogP contribution is -2.50. The maximum Gasteiger partial charge on any atom is 0.355 e. The van der Waals surface area contributed by atoms with Gasteiger partial charge in [0.05, 0.1) is 12.6 Å². The number of ether oxygens (including phenoxy) is 1. The SMILES string of the molecule is CCOC(=O)c1[nH]c2cc(Cl)ccc2c1C(N[C@H](CC(C)C)C(=O)NCCCN1CCCCC1)C(=O)NCc1ccccc1. The highest BCUT2D eigenvalue weighted by molar-refractivity contribution is 6.31. The van der Waals surface area contributed by atoms with Gasteiger partial charge >= 0.3 is 5.97 Å². The Hall–Kier alpha value is -3.40. The van der Waals surface area contributed by atoms with Crippen LogP contribution in [0.25, 0.3) is 10.9 Å². The first-order chi connectivity index (χ1) is 21.3. The number of halogens is 1. The van der Waals surface area contributed by atoms with E-state index in [1.54, 1.807) is 25.1 Å². The van der Waals surface area contributed by atoms with Gasteiger partial charge in [-0.1, -0.05) is 68.3 Å². The number of piperidine rings is 1. The summed E-state index contributed by atoms with van der Waals surface area (Å²) in [6, 6.07) is 13.1. The standard InChI is InChI=1S/C34H46ClN5O4/c1-4-44-34(43)31-29(26-15-14-25(35)21-27(26)38-31)30(33(42)37-22-24-12-7-5-8-13-24)39-28(20-23(2)3)32(41)36-16-11-19-40-17-9-6-10-18-40/h5,7-8,12-15,21,23,28,30,38-39H,4,6,9-11,16-20,22H2,1-3H3,(H,36,41)(H,37,42)/t28-,30?/m1/s1. The summed E-state index contributed by atoms with van der Waals surface area (Å²) in [5, 5.41) is 10.6. The molecule has 2 atom stereocenters. The summed E-state index contributed by atoms with van der Waals surface area (Å²) in [4.78, 5) is 46.4. The second-order valence-corrected chi connectivity index (χ2v) is 12.3. The van der Waals surface area contributed by atoms with Crippen molar-refractivity contribution < 1.29 is 19.1 Å². The molecule has 0 spiro atoms. The van der Waals surface area contributed by atoms with Gasteiger partial charge in [0.25, 0.3) is 0 Å². The zero-order valence-electron chi connectivity index (χ0n) is 26.1. The summed E-state index contributed by atoms with van der Waals surface area (Å²) in [5.74, 6) is -0.938. The van der Waals surface area contributed by atoms with Crippen LogP contribution in [0.1, 0.15) is 80.5 Å². The number of nitrogens with zero attached hydrogens (tertiary/aromatic N) is 1. The normalized spacial score (nSPS) is 15.2. The second kappa shape index (κ2) is 16.6. The van der Waals surface area contributed by atoms with E-state index in [0.717, 1.165) is 31.6 Å². The third-order valence-corrected chi connectivity index (χ3v) is 8.17. The van der Waals surface area contributed by atoms with Crippen LogP contribution in [0.15, 0.2) is 48.5 Å². The quantitative estimate of drug-likeness (QED) is 0.134. The van der Waals surface area contributed by atoms with E-state index in [4.69, 9.17) is 16.3 Å². The lowest BCUT2D eigenvalue weighted by atomic mass is 9.97. The number of H-pyrrole nitrogens is 1. The van der Waals surface area contributed by atoms with Crippen LogP contribution in [-0.4, -0.2) is 66.5 Å². The summed E-state index contributed by atoms with van der Waals surface area (Å²) in [6.07, 6.45) is 5.11. The third-order valence-electron chi connectivity index (χ3n) is 7.93.